The van der Waals surface area contributed by atoms with Crippen LogP contribution in [0.1, 0.15) is 26.7 Å². The van der Waals surface area contributed by atoms with Crippen molar-refractivity contribution in [1.82, 2.24) is 4.98 Å². The van der Waals surface area contributed by atoms with Gasteiger partial charge in [-0.3, -0.25) is 0 Å². The average molecular weight is 274 g/mol. The molecule has 0 bridgehead atoms. The van der Waals surface area contributed by atoms with Gasteiger partial charge in [-0.15, -0.1) is 0 Å². The molecule has 0 amide bonds. The molecule has 0 unspecified atom stereocenters. The zero-order valence-corrected chi connectivity index (χ0v) is 11.6. The molecule has 2 rings (SSSR count). The fourth-order valence-electron chi connectivity index (χ4n) is 2.30. The summed E-state index contributed by atoms with van der Waals surface area (Å²) in [5, 5.41) is 0.983. The first-order chi connectivity index (χ1) is 7.89. The van der Waals surface area contributed by atoms with Crippen LogP contribution in [0, 0.1) is 5.41 Å². The van der Waals surface area contributed by atoms with E-state index in [1.165, 1.54) is 6.42 Å². The van der Waals surface area contributed by atoms with Crippen LogP contribution in [-0.4, -0.2) is 18.1 Å². The monoisotopic (exact) mass is 273 g/mol. The standard InChI is InChI=1S/C12H17Cl2N3/c1-12(2)4-3-5-17(7-12)11-9(14)6-8(13)10(15)16-11/h6H,3-5,7H2,1-2H3,(H2,15,16). The van der Waals surface area contributed by atoms with Crippen molar-refractivity contribution in [3.05, 3.63) is 16.1 Å². The van der Waals surface area contributed by atoms with Crippen molar-refractivity contribution in [3.8, 4) is 0 Å². The van der Waals surface area contributed by atoms with Crippen LogP contribution >= 0.6 is 23.2 Å². The summed E-state index contributed by atoms with van der Waals surface area (Å²) in [6.07, 6.45) is 2.37. The second-order valence-electron chi connectivity index (χ2n) is 5.35. The molecule has 0 spiro atoms. The highest BCUT2D eigenvalue weighted by Gasteiger charge is 2.28. The molecule has 1 aliphatic heterocycles. The molecule has 17 heavy (non-hydrogen) atoms. The van der Waals surface area contributed by atoms with Crippen molar-refractivity contribution in [2.45, 2.75) is 26.7 Å². The molecule has 1 fully saturated rings. The molecule has 0 atom stereocenters. The SMILES string of the molecule is CC1(C)CCCN(c2nc(N)c(Cl)cc2Cl)C1. The molecular formula is C12H17Cl2N3. The molecule has 2 N–H and O–H groups in total. The van der Waals surface area contributed by atoms with Crippen molar-refractivity contribution in [1.29, 1.82) is 0 Å². The van der Waals surface area contributed by atoms with E-state index in [1.807, 2.05) is 0 Å². The van der Waals surface area contributed by atoms with Gasteiger partial charge < -0.3 is 10.6 Å². The first-order valence-electron chi connectivity index (χ1n) is 5.75. The van der Waals surface area contributed by atoms with E-state index >= 15 is 0 Å². The number of nitrogen functional groups attached to an aromatic ring is 1. The molecule has 1 aliphatic rings. The van der Waals surface area contributed by atoms with Gasteiger partial charge in [0.05, 0.1) is 10.0 Å². The Morgan fingerprint density at radius 1 is 1.35 bits per heavy atom. The second kappa shape index (κ2) is 4.54. The summed E-state index contributed by atoms with van der Waals surface area (Å²) < 4.78 is 0. The number of pyridine rings is 1. The van der Waals surface area contributed by atoms with Crippen molar-refractivity contribution in [3.63, 3.8) is 0 Å². The Morgan fingerprint density at radius 2 is 2.06 bits per heavy atom. The van der Waals surface area contributed by atoms with E-state index in [0.29, 0.717) is 15.9 Å². The van der Waals surface area contributed by atoms with E-state index in [2.05, 4.69) is 23.7 Å². The van der Waals surface area contributed by atoms with Crippen molar-refractivity contribution in [2.75, 3.05) is 23.7 Å². The topological polar surface area (TPSA) is 42.2 Å². The molecule has 0 aromatic carbocycles. The Balaban J connectivity index is 2.31. The van der Waals surface area contributed by atoms with Crippen molar-refractivity contribution >= 4 is 34.8 Å². The lowest BCUT2D eigenvalue weighted by Crippen LogP contribution is -2.40. The summed E-state index contributed by atoms with van der Waals surface area (Å²) in [4.78, 5) is 6.49. The summed E-state index contributed by atoms with van der Waals surface area (Å²) in [5.41, 5.74) is 6.02. The van der Waals surface area contributed by atoms with Gasteiger partial charge in [0.2, 0.25) is 0 Å². The largest absolute Gasteiger partial charge is 0.382 e. The van der Waals surface area contributed by atoms with Gasteiger partial charge in [0, 0.05) is 13.1 Å². The van der Waals surface area contributed by atoms with Crippen LogP contribution in [0.2, 0.25) is 10.0 Å². The summed E-state index contributed by atoms with van der Waals surface area (Å²) in [5.74, 6) is 1.09. The normalized spacial score (nSPS) is 19.4. The number of nitrogens with zero attached hydrogens (tertiary/aromatic N) is 2. The molecule has 2 heterocycles. The first-order valence-corrected chi connectivity index (χ1v) is 6.51. The number of anilines is 2. The van der Waals surface area contributed by atoms with Gasteiger partial charge >= 0.3 is 0 Å². The van der Waals surface area contributed by atoms with Crippen LogP contribution < -0.4 is 10.6 Å². The maximum absolute atomic E-state index is 6.18. The number of rotatable bonds is 1. The zero-order valence-electron chi connectivity index (χ0n) is 10.1. The van der Waals surface area contributed by atoms with Crippen LogP contribution in [-0.2, 0) is 0 Å². The molecule has 0 saturated carbocycles. The van der Waals surface area contributed by atoms with E-state index in [1.54, 1.807) is 6.07 Å². The fraction of sp³-hybridized carbons (Fsp3) is 0.583. The number of piperidine rings is 1. The third-order valence-corrected chi connectivity index (χ3v) is 3.72. The second-order valence-corrected chi connectivity index (χ2v) is 6.16. The van der Waals surface area contributed by atoms with E-state index in [-0.39, 0.29) is 5.41 Å². The predicted octanol–water partition coefficient (Wildman–Crippen LogP) is 3.60. The smallest absolute Gasteiger partial charge is 0.149 e. The van der Waals surface area contributed by atoms with E-state index in [9.17, 15) is 0 Å². The van der Waals surface area contributed by atoms with Crippen molar-refractivity contribution < 1.29 is 0 Å². The number of nitrogens with two attached hydrogens (primary N) is 1. The van der Waals surface area contributed by atoms with E-state index in [0.717, 1.165) is 25.3 Å². The van der Waals surface area contributed by atoms with Crippen LogP contribution in [0.4, 0.5) is 11.6 Å². The third-order valence-electron chi connectivity index (χ3n) is 3.14. The maximum Gasteiger partial charge on any atom is 0.149 e. The van der Waals surface area contributed by atoms with Crippen LogP contribution in [0.15, 0.2) is 6.07 Å². The van der Waals surface area contributed by atoms with E-state index < -0.39 is 0 Å². The van der Waals surface area contributed by atoms with Crippen molar-refractivity contribution in [2.24, 2.45) is 5.41 Å². The summed E-state index contributed by atoms with van der Waals surface area (Å²) in [6, 6.07) is 1.67. The zero-order chi connectivity index (χ0) is 12.6. The van der Waals surface area contributed by atoms with E-state index in [4.69, 9.17) is 28.9 Å². The minimum absolute atomic E-state index is 0.289. The Bertz CT molecular complexity index is 432. The number of aromatic nitrogens is 1. The molecule has 0 radical (unpaired) electrons. The lowest BCUT2D eigenvalue weighted by molar-refractivity contribution is 0.292. The highest BCUT2D eigenvalue weighted by molar-refractivity contribution is 6.37. The molecule has 3 nitrogen and oxygen atoms in total. The summed E-state index contributed by atoms with van der Waals surface area (Å²) in [7, 11) is 0. The quantitative estimate of drug-likeness (QED) is 0.850. The lowest BCUT2D eigenvalue weighted by atomic mass is 9.84. The molecule has 0 aliphatic carbocycles. The average Bonchev–Trinajstić information content (AvgIpc) is 2.22. The number of hydrogen-bond donors (Lipinski definition) is 1. The summed E-state index contributed by atoms with van der Waals surface area (Å²) >= 11 is 12.1. The highest BCUT2D eigenvalue weighted by atomic mass is 35.5. The van der Waals surface area contributed by atoms with Gasteiger partial charge in [0.1, 0.15) is 11.6 Å². The molecule has 1 aromatic rings. The Kier molecular flexibility index (Phi) is 3.41. The summed E-state index contributed by atoms with van der Waals surface area (Å²) in [6.45, 7) is 6.43. The Labute approximate surface area is 112 Å². The number of hydrogen-bond acceptors (Lipinski definition) is 3. The first kappa shape index (κ1) is 12.8. The van der Waals surface area contributed by atoms with Gasteiger partial charge in [0.25, 0.3) is 0 Å². The van der Waals surface area contributed by atoms with Gasteiger partial charge in [0.15, 0.2) is 0 Å². The number of halogens is 2. The Hall–Kier alpha value is -0.670. The Morgan fingerprint density at radius 3 is 2.71 bits per heavy atom. The molecule has 1 saturated heterocycles. The highest BCUT2D eigenvalue weighted by Crippen LogP contribution is 2.35. The molecule has 5 heteroatoms. The minimum Gasteiger partial charge on any atom is -0.382 e. The van der Waals surface area contributed by atoms with Gasteiger partial charge in [-0.05, 0) is 24.3 Å². The lowest BCUT2D eigenvalue weighted by Gasteiger charge is -2.39. The van der Waals surface area contributed by atoms with Crippen LogP contribution in [0.25, 0.3) is 0 Å². The molecule has 94 valence electrons. The van der Waals surface area contributed by atoms with Crippen LogP contribution in [0.5, 0.6) is 0 Å². The van der Waals surface area contributed by atoms with Gasteiger partial charge in [-0.1, -0.05) is 37.0 Å². The van der Waals surface area contributed by atoms with Gasteiger partial charge in [-0.2, -0.15) is 0 Å². The van der Waals surface area contributed by atoms with Gasteiger partial charge in [-0.25, -0.2) is 4.98 Å². The molecular weight excluding hydrogens is 257 g/mol. The maximum atomic E-state index is 6.18. The predicted molar refractivity (Wildman–Crippen MR) is 73.9 cm³/mol. The fourth-order valence-corrected chi connectivity index (χ4v) is 2.77. The van der Waals surface area contributed by atoms with Crippen LogP contribution in [0.3, 0.4) is 0 Å². The third kappa shape index (κ3) is 2.78. The minimum atomic E-state index is 0.289. The molecule has 1 aromatic heterocycles.